The van der Waals surface area contributed by atoms with Gasteiger partial charge in [0.25, 0.3) is 5.72 Å². The van der Waals surface area contributed by atoms with Gasteiger partial charge in [-0.15, -0.1) is 0 Å². The van der Waals surface area contributed by atoms with Crippen LogP contribution in [-0.4, -0.2) is 54.2 Å². The molecular weight excluding hydrogens is 285 g/mol. The number of amidine groups is 1. The van der Waals surface area contributed by atoms with Gasteiger partial charge in [0.1, 0.15) is 21.7 Å². The average molecular weight is 296 g/mol. The molecule has 2 aliphatic rings. The lowest BCUT2D eigenvalue weighted by molar-refractivity contribution is -0.264. The summed E-state index contributed by atoms with van der Waals surface area (Å²) in [6, 6.07) is -1.72. The van der Waals surface area contributed by atoms with Gasteiger partial charge in [-0.1, -0.05) is 6.08 Å². The summed E-state index contributed by atoms with van der Waals surface area (Å²) >= 11 is 0. The van der Waals surface area contributed by atoms with Crippen LogP contribution in [0.15, 0.2) is 29.4 Å². The number of hydrogen-bond acceptors (Lipinski definition) is 5. The Morgan fingerprint density at radius 3 is 2.63 bits per heavy atom. The van der Waals surface area contributed by atoms with Crippen LogP contribution in [0.1, 0.15) is 0 Å². The van der Waals surface area contributed by atoms with Crippen molar-refractivity contribution >= 4 is 15.7 Å². The monoisotopic (exact) mass is 296 g/mol. The highest BCUT2D eigenvalue weighted by molar-refractivity contribution is 7.90. The summed E-state index contributed by atoms with van der Waals surface area (Å²) in [5.74, 6) is -0.968. The van der Waals surface area contributed by atoms with Crippen molar-refractivity contribution in [3.05, 3.63) is 24.4 Å². The minimum Gasteiger partial charge on any atom is -0.360 e. The maximum atomic E-state index is 13.0. The van der Waals surface area contributed by atoms with Gasteiger partial charge in [-0.25, -0.2) is 13.4 Å². The third-order valence-electron chi connectivity index (χ3n) is 2.83. The third kappa shape index (κ3) is 2.39. The first-order chi connectivity index (χ1) is 8.55. The second-order valence-corrected chi connectivity index (χ2v) is 6.59. The molecule has 106 valence electrons. The highest BCUT2D eigenvalue weighted by Crippen LogP contribution is 2.41. The molecule has 0 aromatic rings. The second kappa shape index (κ2) is 4.07. The quantitative estimate of drug-likeness (QED) is 0.803. The maximum Gasteiger partial charge on any atom is 0.440 e. The molecule has 0 unspecified atom stereocenters. The molecule has 0 saturated carbocycles. The maximum absolute atomic E-state index is 13.0. The highest BCUT2D eigenvalue weighted by atomic mass is 32.2. The van der Waals surface area contributed by atoms with Crippen molar-refractivity contribution in [2.24, 2.45) is 4.99 Å². The zero-order chi connectivity index (χ0) is 14.5. The number of fused-ring (bicyclic) bond motifs is 1. The molecule has 0 bridgehead atoms. The molecule has 9 heteroatoms. The number of sulfone groups is 1. The molecule has 2 rings (SSSR count). The Hall–Kier alpha value is -1.35. The van der Waals surface area contributed by atoms with E-state index >= 15 is 0 Å². The number of alkyl halides is 3. The van der Waals surface area contributed by atoms with E-state index in [1.165, 1.54) is 24.4 Å². The summed E-state index contributed by atoms with van der Waals surface area (Å²) in [6.45, 7) is 0. The zero-order valence-corrected chi connectivity index (χ0v) is 10.6. The van der Waals surface area contributed by atoms with Gasteiger partial charge in [-0.3, -0.25) is 0 Å². The van der Waals surface area contributed by atoms with Crippen molar-refractivity contribution in [2.75, 3.05) is 12.0 Å². The number of hydrogen-bond donors (Lipinski definition) is 1. The Balaban J connectivity index is 2.49. The van der Waals surface area contributed by atoms with E-state index in [1.54, 1.807) is 0 Å². The standard InChI is InChI=1S/C10H11F3N2O3S/c1-19(17,18)6-7-9(16,10(11,12)13)14-8-4-2-3-5-15(7)8/h2-5,7,16H,6H2,1H3/t7-,9+/m1/s1. The molecule has 5 nitrogen and oxygen atoms in total. The lowest BCUT2D eigenvalue weighted by Crippen LogP contribution is -2.57. The molecule has 19 heavy (non-hydrogen) atoms. The van der Waals surface area contributed by atoms with Crippen LogP contribution < -0.4 is 0 Å². The highest BCUT2D eigenvalue weighted by Gasteiger charge is 2.64. The molecule has 0 radical (unpaired) electrons. The van der Waals surface area contributed by atoms with Crippen LogP contribution in [0, 0.1) is 0 Å². The van der Waals surface area contributed by atoms with E-state index in [4.69, 9.17) is 0 Å². The van der Waals surface area contributed by atoms with Crippen molar-refractivity contribution in [3.8, 4) is 0 Å². The number of nitrogens with zero attached hydrogens (tertiary/aromatic N) is 2. The largest absolute Gasteiger partial charge is 0.440 e. The molecule has 0 amide bonds. The first kappa shape index (κ1) is 14.1. The smallest absolute Gasteiger partial charge is 0.360 e. The molecule has 1 N–H and O–H groups in total. The van der Waals surface area contributed by atoms with Crippen LogP contribution >= 0.6 is 0 Å². The van der Waals surface area contributed by atoms with Crippen LogP contribution in [0.2, 0.25) is 0 Å². The van der Waals surface area contributed by atoms with Crippen molar-refractivity contribution in [2.45, 2.75) is 17.9 Å². The predicted octanol–water partition coefficient (Wildman–Crippen LogP) is 0.448. The number of halogens is 3. The average Bonchev–Trinajstić information content (AvgIpc) is 2.51. The summed E-state index contributed by atoms with van der Waals surface area (Å²) in [5, 5.41) is 9.80. The predicted molar refractivity (Wildman–Crippen MR) is 62.1 cm³/mol. The molecule has 0 aliphatic carbocycles. The van der Waals surface area contributed by atoms with Gasteiger partial charge in [0.05, 0.1) is 5.75 Å². The van der Waals surface area contributed by atoms with Crippen molar-refractivity contribution in [1.82, 2.24) is 4.90 Å². The van der Waals surface area contributed by atoms with E-state index in [0.717, 1.165) is 11.2 Å². The van der Waals surface area contributed by atoms with E-state index in [1.807, 2.05) is 0 Å². The topological polar surface area (TPSA) is 70.0 Å². The van der Waals surface area contributed by atoms with E-state index in [9.17, 15) is 26.7 Å². The third-order valence-corrected chi connectivity index (χ3v) is 3.75. The van der Waals surface area contributed by atoms with Crippen molar-refractivity contribution < 1.29 is 26.7 Å². The number of allylic oxidation sites excluding steroid dienone is 2. The Morgan fingerprint density at radius 2 is 2.11 bits per heavy atom. The Labute approximate surface area is 107 Å². The van der Waals surface area contributed by atoms with E-state index < -0.39 is 33.5 Å². The van der Waals surface area contributed by atoms with Gasteiger partial charge in [0, 0.05) is 12.5 Å². The molecule has 2 heterocycles. The van der Waals surface area contributed by atoms with E-state index in [2.05, 4.69) is 4.99 Å². The van der Waals surface area contributed by atoms with Gasteiger partial charge < -0.3 is 10.0 Å². The van der Waals surface area contributed by atoms with Crippen LogP contribution in [-0.2, 0) is 9.84 Å². The summed E-state index contributed by atoms with van der Waals surface area (Å²) < 4.78 is 61.5. The van der Waals surface area contributed by atoms with Crippen molar-refractivity contribution in [1.29, 1.82) is 0 Å². The molecule has 0 aromatic heterocycles. The van der Waals surface area contributed by atoms with Crippen LogP contribution in [0.25, 0.3) is 0 Å². The zero-order valence-electron chi connectivity index (χ0n) is 9.79. The normalized spacial score (nSPS) is 30.5. The lowest BCUT2D eigenvalue weighted by Gasteiger charge is -2.33. The van der Waals surface area contributed by atoms with Crippen LogP contribution in [0.5, 0.6) is 0 Å². The van der Waals surface area contributed by atoms with E-state index in [0.29, 0.717) is 0 Å². The summed E-state index contributed by atoms with van der Waals surface area (Å²) in [6.07, 6.45) is 1.18. The first-order valence-electron chi connectivity index (χ1n) is 5.24. The molecular formula is C10H11F3N2O3S. The summed E-state index contributed by atoms with van der Waals surface area (Å²) in [5.41, 5.74) is -3.43. The van der Waals surface area contributed by atoms with Gasteiger partial charge in [-0.2, -0.15) is 13.2 Å². The molecule has 0 fully saturated rings. The number of aliphatic hydroxyl groups is 1. The summed E-state index contributed by atoms with van der Waals surface area (Å²) in [4.78, 5) is 4.27. The Kier molecular flexibility index (Phi) is 3.01. The van der Waals surface area contributed by atoms with Gasteiger partial charge in [-0.05, 0) is 12.2 Å². The van der Waals surface area contributed by atoms with Gasteiger partial charge in [0.2, 0.25) is 0 Å². The molecule has 2 aliphatic heterocycles. The fraction of sp³-hybridized carbons (Fsp3) is 0.500. The van der Waals surface area contributed by atoms with Gasteiger partial charge >= 0.3 is 6.18 Å². The molecule has 0 aromatic carbocycles. The number of rotatable bonds is 2. The fourth-order valence-corrected chi connectivity index (χ4v) is 2.95. The Morgan fingerprint density at radius 1 is 1.47 bits per heavy atom. The van der Waals surface area contributed by atoms with Crippen LogP contribution in [0.3, 0.4) is 0 Å². The first-order valence-corrected chi connectivity index (χ1v) is 7.30. The lowest BCUT2D eigenvalue weighted by atomic mass is 10.1. The molecule has 0 saturated heterocycles. The fourth-order valence-electron chi connectivity index (χ4n) is 1.98. The van der Waals surface area contributed by atoms with E-state index in [-0.39, 0.29) is 5.84 Å². The minimum absolute atomic E-state index is 0.115. The molecule has 2 atom stereocenters. The van der Waals surface area contributed by atoms with Crippen LogP contribution in [0.4, 0.5) is 13.2 Å². The number of aliphatic imine (C=N–C) groups is 1. The van der Waals surface area contributed by atoms with Gasteiger partial charge in [0.15, 0.2) is 0 Å². The van der Waals surface area contributed by atoms with Crippen molar-refractivity contribution in [3.63, 3.8) is 0 Å². The Bertz CT molecular complexity index is 579. The minimum atomic E-state index is -5.06. The summed E-state index contributed by atoms with van der Waals surface area (Å²) in [7, 11) is -3.72. The second-order valence-electron chi connectivity index (χ2n) is 4.41. The SMILES string of the molecule is CS(=O)(=O)C[C@H]1N2C=CC=CC2=N[C@@]1(O)C(F)(F)F. The molecule has 0 spiro atoms.